The van der Waals surface area contributed by atoms with Gasteiger partial charge in [-0.3, -0.25) is 0 Å². The Morgan fingerprint density at radius 3 is 1.89 bits per heavy atom. The normalized spacial score (nSPS) is 12.0. The van der Waals surface area contributed by atoms with E-state index in [0.717, 1.165) is 0 Å². The second kappa shape index (κ2) is 4.67. The van der Waals surface area contributed by atoms with Crippen molar-refractivity contribution < 1.29 is 14.2 Å². The van der Waals surface area contributed by atoms with Crippen LogP contribution in [0.15, 0.2) is 24.3 Å². The number of benzene rings is 2. The summed E-state index contributed by atoms with van der Waals surface area (Å²) in [4.78, 5) is 0. The van der Waals surface area contributed by atoms with E-state index < -0.39 is 0 Å². The molecule has 0 saturated carbocycles. The lowest BCUT2D eigenvalue weighted by atomic mass is 10.2. The van der Waals surface area contributed by atoms with Gasteiger partial charge in [0.2, 0.25) is 0 Å². The molecule has 2 aromatic carbocycles. The molecule has 1 aliphatic rings. The van der Waals surface area contributed by atoms with Crippen molar-refractivity contribution in [2.45, 2.75) is 0 Å². The summed E-state index contributed by atoms with van der Waals surface area (Å²) in [5.41, 5.74) is 0. The Labute approximate surface area is 124 Å². The van der Waals surface area contributed by atoms with Crippen LogP contribution in [0.25, 0.3) is 0 Å². The summed E-state index contributed by atoms with van der Waals surface area (Å²) < 4.78 is 16.5. The van der Waals surface area contributed by atoms with Gasteiger partial charge in [0.1, 0.15) is 15.1 Å². The lowest BCUT2D eigenvalue weighted by Gasteiger charge is -2.23. The Morgan fingerprint density at radius 2 is 1.37 bits per heavy atom. The number of methoxy groups -OCH3 is 1. The van der Waals surface area contributed by atoms with Gasteiger partial charge in [-0.2, -0.15) is 0 Å². The minimum atomic E-state index is 0.191. The number of para-hydroxylation sites is 2. The van der Waals surface area contributed by atoms with Crippen LogP contribution in [0.3, 0.4) is 0 Å². The van der Waals surface area contributed by atoms with E-state index in [1.165, 1.54) is 7.11 Å². The van der Waals surface area contributed by atoms with Gasteiger partial charge in [0.15, 0.2) is 28.7 Å². The summed E-state index contributed by atoms with van der Waals surface area (Å²) in [5, 5.41) is 0.615. The maximum absolute atomic E-state index is 6.20. The first-order chi connectivity index (χ1) is 9.13. The van der Waals surface area contributed by atoms with Crippen LogP contribution in [0.5, 0.6) is 28.7 Å². The van der Waals surface area contributed by atoms with Crippen LogP contribution in [-0.4, -0.2) is 7.11 Å². The molecular weight excluding hydrogens is 310 g/mol. The highest BCUT2D eigenvalue weighted by Crippen LogP contribution is 2.57. The highest BCUT2D eigenvalue weighted by atomic mass is 35.5. The standard InChI is InChI=1S/C13H7Cl3O3/c1-17-11-8(14)9(15)12-13(10(11)16)19-7-5-3-2-4-6(7)18-12/h2-5H,1H3. The van der Waals surface area contributed by atoms with Gasteiger partial charge in [0, 0.05) is 0 Å². The van der Waals surface area contributed by atoms with Crippen molar-refractivity contribution in [2.24, 2.45) is 0 Å². The van der Waals surface area contributed by atoms with E-state index in [1.807, 2.05) is 12.1 Å². The topological polar surface area (TPSA) is 27.7 Å². The Morgan fingerprint density at radius 1 is 0.842 bits per heavy atom. The summed E-state index contributed by atoms with van der Waals surface area (Å²) in [6.07, 6.45) is 0. The number of ether oxygens (including phenoxy) is 3. The molecule has 3 nitrogen and oxygen atoms in total. The smallest absolute Gasteiger partial charge is 0.194 e. The van der Waals surface area contributed by atoms with Crippen molar-refractivity contribution >= 4 is 34.8 Å². The Kier molecular flexibility index (Phi) is 3.13. The molecule has 6 heteroatoms. The van der Waals surface area contributed by atoms with Gasteiger partial charge in [0.25, 0.3) is 0 Å². The van der Waals surface area contributed by atoms with Crippen molar-refractivity contribution in [1.82, 2.24) is 0 Å². The van der Waals surface area contributed by atoms with E-state index in [1.54, 1.807) is 12.1 Å². The maximum atomic E-state index is 6.20. The summed E-state index contributed by atoms with van der Waals surface area (Å²) in [7, 11) is 1.45. The molecule has 0 bridgehead atoms. The molecule has 0 amide bonds. The molecule has 0 aromatic heterocycles. The Balaban J connectivity index is 2.23. The minimum absolute atomic E-state index is 0.191. The summed E-state index contributed by atoms with van der Waals surface area (Å²) in [6.45, 7) is 0. The van der Waals surface area contributed by atoms with Crippen LogP contribution in [0, 0.1) is 0 Å². The average molecular weight is 318 g/mol. The number of rotatable bonds is 1. The minimum Gasteiger partial charge on any atom is -0.493 e. The fourth-order valence-electron chi connectivity index (χ4n) is 1.80. The highest BCUT2D eigenvalue weighted by Gasteiger charge is 2.29. The van der Waals surface area contributed by atoms with Gasteiger partial charge in [-0.05, 0) is 12.1 Å². The lowest BCUT2D eigenvalue weighted by molar-refractivity contribution is 0.354. The fraction of sp³-hybridized carbons (Fsp3) is 0.0769. The molecule has 1 aliphatic heterocycles. The predicted molar refractivity (Wildman–Crippen MR) is 74.6 cm³/mol. The van der Waals surface area contributed by atoms with Crippen molar-refractivity contribution in [2.75, 3.05) is 7.11 Å². The molecular formula is C13H7Cl3O3. The highest BCUT2D eigenvalue weighted by molar-refractivity contribution is 6.46. The molecule has 0 N–H and O–H groups in total. The van der Waals surface area contributed by atoms with Gasteiger partial charge < -0.3 is 14.2 Å². The zero-order chi connectivity index (χ0) is 13.6. The Bertz CT molecular complexity index is 671. The van der Waals surface area contributed by atoms with Gasteiger partial charge in [-0.25, -0.2) is 0 Å². The van der Waals surface area contributed by atoms with Gasteiger partial charge in [0.05, 0.1) is 7.11 Å². The fourth-order valence-corrected chi connectivity index (χ4v) is 2.61. The molecule has 0 atom stereocenters. The summed E-state index contributed by atoms with van der Waals surface area (Å²) in [6, 6.07) is 7.19. The van der Waals surface area contributed by atoms with Crippen molar-refractivity contribution in [3.05, 3.63) is 39.3 Å². The first-order valence-corrected chi connectivity index (χ1v) is 6.46. The third-order valence-corrected chi connectivity index (χ3v) is 3.83. The molecule has 0 radical (unpaired) electrons. The monoisotopic (exact) mass is 316 g/mol. The van der Waals surface area contributed by atoms with Crippen LogP contribution in [0.4, 0.5) is 0 Å². The largest absolute Gasteiger partial charge is 0.493 e. The molecule has 0 unspecified atom stereocenters. The summed E-state index contributed by atoms with van der Waals surface area (Å²) >= 11 is 18.4. The van der Waals surface area contributed by atoms with E-state index in [4.69, 9.17) is 49.0 Å². The number of hydrogen-bond donors (Lipinski definition) is 0. The van der Waals surface area contributed by atoms with Gasteiger partial charge >= 0.3 is 0 Å². The number of fused-ring (bicyclic) bond motifs is 2. The van der Waals surface area contributed by atoms with E-state index in [0.29, 0.717) is 17.2 Å². The van der Waals surface area contributed by atoms with Crippen LogP contribution in [0.1, 0.15) is 0 Å². The molecule has 0 saturated heterocycles. The molecule has 0 spiro atoms. The predicted octanol–water partition coefficient (Wildman–Crippen LogP) is 5.55. The number of halogens is 3. The van der Waals surface area contributed by atoms with Crippen LogP contribution < -0.4 is 14.2 Å². The molecule has 19 heavy (non-hydrogen) atoms. The SMILES string of the molecule is COc1c(Cl)c(Cl)c2c(c1Cl)Oc1ccccc1O2. The lowest BCUT2D eigenvalue weighted by Crippen LogP contribution is -2.01. The third kappa shape index (κ3) is 1.89. The molecule has 3 rings (SSSR count). The van der Waals surface area contributed by atoms with Gasteiger partial charge in [-0.15, -0.1) is 0 Å². The average Bonchev–Trinajstić information content (AvgIpc) is 2.44. The first-order valence-electron chi connectivity index (χ1n) is 5.32. The molecule has 98 valence electrons. The molecule has 2 aromatic rings. The van der Waals surface area contributed by atoms with E-state index in [9.17, 15) is 0 Å². The zero-order valence-electron chi connectivity index (χ0n) is 9.67. The molecule has 0 aliphatic carbocycles. The van der Waals surface area contributed by atoms with E-state index in [2.05, 4.69) is 0 Å². The summed E-state index contributed by atoms with van der Waals surface area (Å²) in [5.74, 6) is 1.95. The first kappa shape index (κ1) is 12.7. The number of hydrogen-bond acceptors (Lipinski definition) is 3. The molecule has 1 heterocycles. The van der Waals surface area contributed by atoms with Crippen molar-refractivity contribution in [3.63, 3.8) is 0 Å². The maximum Gasteiger partial charge on any atom is 0.194 e. The quantitative estimate of drug-likeness (QED) is 0.550. The van der Waals surface area contributed by atoms with Crippen LogP contribution >= 0.6 is 34.8 Å². The third-order valence-electron chi connectivity index (χ3n) is 2.67. The van der Waals surface area contributed by atoms with E-state index >= 15 is 0 Å². The second-order valence-electron chi connectivity index (χ2n) is 3.78. The zero-order valence-corrected chi connectivity index (χ0v) is 11.9. The Hall–Kier alpha value is -1.29. The van der Waals surface area contributed by atoms with Crippen molar-refractivity contribution in [1.29, 1.82) is 0 Å². The van der Waals surface area contributed by atoms with Crippen LogP contribution in [-0.2, 0) is 0 Å². The second-order valence-corrected chi connectivity index (χ2v) is 4.92. The van der Waals surface area contributed by atoms with Gasteiger partial charge in [-0.1, -0.05) is 46.9 Å². The van der Waals surface area contributed by atoms with Crippen LogP contribution in [0.2, 0.25) is 15.1 Å². The molecule has 0 fully saturated rings. The van der Waals surface area contributed by atoms with E-state index in [-0.39, 0.29) is 26.6 Å². The van der Waals surface area contributed by atoms with Crippen molar-refractivity contribution in [3.8, 4) is 28.7 Å².